The molecule has 0 unspecified atom stereocenters. The molecule has 1 aromatic rings. The van der Waals surface area contributed by atoms with Crippen molar-refractivity contribution in [3.63, 3.8) is 0 Å². The van der Waals surface area contributed by atoms with Gasteiger partial charge in [-0.2, -0.15) is 0 Å². The van der Waals surface area contributed by atoms with Gasteiger partial charge in [0.1, 0.15) is 0 Å². The van der Waals surface area contributed by atoms with E-state index in [2.05, 4.69) is 76.6 Å². The quantitative estimate of drug-likeness (QED) is 0.640. The van der Waals surface area contributed by atoms with Crippen LogP contribution in [0.25, 0.3) is 0 Å². The molecule has 1 radical (unpaired) electrons. The second-order valence-electron chi connectivity index (χ2n) is 6.63. The second kappa shape index (κ2) is 4.20. The van der Waals surface area contributed by atoms with E-state index in [1.54, 1.807) is 0 Å². The number of hydrogen-bond donors (Lipinski definition) is 0. The first kappa shape index (κ1) is 13.8. The first-order valence-corrected chi connectivity index (χ1v) is 6.72. The Morgan fingerprint density at radius 2 is 1.38 bits per heavy atom. The maximum absolute atomic E-state index is 3.29. The third-order valence-electron chi connectivity index (χ3n) is 2.92. The summed E-state index contributed by atoms with van der Waals surface area (Å²) in [6.07, 6.45) is 0. The first-order chi connectivity index (χ1) is 7.05. The van der Waals surface area contributed by atoms with E-state index in [1.165, 1.54) is 21.2 Å². The van der Waals surface area contributed by atoms with E-state index in [1.807, 2.05) is 0 Å². The molecule has 0 nitrogen and oxygen atoms in total. The normalized spacial score (nSPS) is 12.9. The summed E-state index contributed by atoms with van der Waals surface area (Å²) in [6.45, 7) is 15.8. The van der Waals surface area contributed by atoms with E-state index in [0.29, 0.717) is 0 Å². The first-order valence-electron chi connectivity index (χ1n) is 5.86. The van der Waals surface area contributed by atoms with Crippen molar-refractivity contribution in [1.82, 2.24) is 0 Å². The minimum atomic E-state index is 0.200. The van der Waals surface area contributed by atoms with Gasteiger partial charge in [-0.15, -0.1) is 0 Å². The molecule has 1 heteroatoms. The van der Waals surface area contributed by atoms with Gasteiger partial charge in [0.15, 0.2) is 0 Å². The van der Waals surface area contributed by atoms with Crippen molar-refractivity contribution in [2.75, 3.05) is 0 Å². The Morgan fingerprint density at radius 3 is 1.75 bits per heavy atom. The summed E-state index contributed by atoms with van der Waals surface area (Å²) in [5.41, 5.74) is 4.66. The van der Waals surface area contributed by atoms with Crippen molar-refractivity contribution in [3.05, 3.63) is 28.8 Å². The Hall–Kier alpha value is -0.261. The summed E-state index contributed by atoms with van der Waals surface area (Å²) in [7, 11) is 0. The topological polar surface area (TPSA) is 0 Å². The molecular weight excluding hydrogens is 259 g/mol. The van der Waals surface area contributed by atoms with Crippen LogP contribution in [-0.4, -0.2) is 16.0 Å². The fraction of sp³-hybridized carbons (Fsp3) is 0.600. The van der Waals surface area contributed by atoms with Crippen molar-refractivity contribution in [3.8, 4) is 0 Å². The average Bonchev–Trinajstić information content (AvgIpc) is 1.97. The van der Waals surface area contributed by atoms with Crippen molar-refractivity contribution in [2.24, 2.45) is 0 Å². The van der Waals surface area contributed by atoms with E-state index in [4.69, 9.17) is 0 Å². The number of rotatable bonds is 0. The molecule has 0 heterocycles. The molecule has 0 aliphatic heterocycles. The SMILES string of the molecule is Cc1ccc(C(C)(C)C)c([Se])c1C(C)(C)C. The number of aryl methyl sites for hydroxylation is 1. The summed E-state index contributed by atoms with van der Waals surface area (Å²) in [6, 6.07) is 4.51. The molecule has 0 fully saturated rings. The van der Waals surface area contributed by atoms with Crippen LogP contribution < -0.4 is 4.46 Å². The second-order valence-corrected chi connectivity index (χ2v) is 7.49. The number of hydrogen-bond acceptors (Lipinski definition) is 0. The van der Waals surface area contributed by atoms with Crippen LogP contribution in [0.2, 0.25) is 0 Å². The van der Waals surface area contributed by atoms with Gasteiger partial charge in [0.05, 0.1) is 0 Å². The van der Waals surface area contributed by atoms with E-state index in [-0.39, 0.29) is 10.8 Å². The zero-order chi connectivity index (χ0) is 12.7. The molecule has 89 valence electrons. The molecule has 0 amide bonds. The molecule has 16 heavy (non-hydrogen) atoms. The predicted octanol–water partition coefficient (Wildman–Crippen LogP) is 3.38. The molecule has 1 rings (SSSR count). The van der Waals surface area contributed by atoms with Gasteiger partial charge >= 0.3 is 109 Å². The van der Waals surface area contributed by atoms with E-state index < -0.39 is 0 Å². The molecule has 0 aromatic heterocycles. The fourth-order valence-corrected chi connectivity index (χ4v) is 3.97. The summed E-state index contributed by atoms with van der Waals surface area (Å²) in [5, 5.41) is 0. The zero-order valence-corrected chi connectivity index (χ0v) is 13.3. The Kier molecular flexibility index (Phi) is 3.62. The fourth-order valence-electron chi connectivity index (χ4n) is 2.20. The molecule has 0 atom stereocenters. The minimum absolute atomic E-state index is 0.200. The Balaban J connectivity index is 3.52. The van der Waals surface area contributed by atoms with Gasteiger partial charge in [-0.3, -0.25) is 0 Å². The monoisotopic (exact) mass is 283 g/mol. The van der Waals surface area contributed by atoms with Gasteiger partial charge in [0.2, 0.25) is 0 Å². The molecule has 0 aliphatic rings. The van der Waals surface area contributed by atoms with Crippen LogP contribution in [-0.2, 0) is 10.8 Å². The molecular formula is C15H23Se. The van der Waals surface area contributed by atoms with E-state index in [9.17, 15) is 0 Å². The summed E-state index contributed by atoms with van der Waals surface area (Å²) in [4.78, 5) is 0. The third-order valence-corrected chi connectivity index (χ3v) is 3.81. The van der Waals surface area contributed by atoms with Crippen molar-refractivity contribution < 1.29 is 0 Å². The van der Waals surface area contributed by atoms with Gasteiger partial charge in [-0.1, -0.05) is 0 Å². The van der Waals surface area contributed by atoms with Gasteiger partial charge in [0, 0.05) is 0 Å². The van der Waals surface area contributed by atoms with Gasteiger partial charge < -0.3 is 0 Å². The van der Waals surface area contributed by atoms with Crippen molar-refractivity contribution in [1.29, 1.82) is 0 Å². The molecule has 0 spiro atoms. The summed E-state index contributed by atoms with van der Waals surface area (Å²) in [5.74, 6) is 0. The van der Waals surface area contributed by atoms with Gasteiger partial charge in [-0.05, 0) is 0 Å². The molecule has 0 bridgehead atoms. The van der Waals surface area contributed by atoms with Crippen molar-refractivity contribution in [2.45, 2.75) is 59.3 Å². The zero-order valence-electron chi connectivity index (χ0n) is 11.6. The van der Waals surface area contributed by atoms with Gasteiger partial charge in [-0.25, -0.2) is 0 Å². The van der Waals surface area contributed by atoms with Crippen LogP contribution in [0.3, 0.4) is 0 Å². The molecule has 0 aliphatic carbocycles. The van der Waals surface area contributed by atoms with Crippen LogP contribution in [0.4, 0.5) is 0 Å². The summed E-state index contributed by atoms with van der Waals surface area (Å²) >= 11 is 3.29. The third kappa shape index (κ3) is 2.70. The Morgan fingerprint density at radius 1 is 0.875 bits per heavy atom. The van der Waals surface area contributed by atoms with E-state index >= 15 is 0 Å². The molecule has 0 saturated heterocycles. The molecule has 1 aromatic carbocycles. The maximum atomic E-state index is 3.29. The van der Waals surface area contributed by atoms with Gasteiger partial charge in [0.25, 0.3) is 0 Å². The van der Waals surface area contributed by atoms with Crippen LogP contribution in [0.5, 0.6) is 0 Å². The molecule has 0 saturated carbocycles. The Bertz CT molecular complexity index is 389. The number of benzene rings is 1. The van der Waals surface area contributed by atoms with Crippen LogP contribution >= 0.6 is 0 Å². The van der Waals surface area contributed by atoms with Crippen molar-refractivity contribution >= 4 is 20.5 Å². The molecule has 0 N–H and O–H groups in total. The summed E-state index contributed by atoms with van der Waals surface area (Å²) < 4.78 is 1.35. The van der Waals surface area contributed by atoms with Crippen LogP contribution in [0.1, 0.15) is 58.2 Å². The standard InChI is InChI=1S/C15H23Se/c1-10-8-9-11(14(2,3)4)13(16)12(10)15(5,6)7/h8-9H,1-7H3. The Labute approximate surface area is 109 Å². The predicted molar refractivity (Wildman–Crippen MR) is 74.0 cm³/mol. The average molecular weight is 282 g/mol. The van der Waals surface area contributed by atoms with E-state index in [0.717, 1.165) is 0 Å². The van der Waals surface area contributed by atoms with Crippen LogP contribution in [0.15, 0.2) is 12.1 Å². The van der Waals surface area contributed by atoms with Crippen LogP contribution in [0, 0.1) is 6.92 Å².